The van der Waals surface area contributed by atoms with Gasteiger partial charge < -0.3 is 0 Å². The summed E-state index contributed by atoms with van der Waals surface area (Å²) in [5.41, 5.74) is -0.485. The average Bonchev–Trinajstić information content (AvgIpc) is 2.33. The van der Waals surface area contributed by atoms with E-state index < -0.39 is 5.41 Å². The first kappa shape index (κ1) is 12.6. The highest BCUT2D eigenvalue weighted by molar-refractivity contribution is 7.80. The van der Waals surface area contributed by atoms with Crippen molar-refractivity contribution in [3.8, 4) is 0 Å². The topological polar surface area (TPSA) is 37.4 Å². The van der Waals surface area contributed by atoms with Crippen LogP contribution in [0.25, 0.3) is 0 Å². The van der Waals surface area contributed by atoms with Crippen LogP contribution in [0.5, 0.6) is 0 Å². The number of carbonyl (C=O) groups excluding carboxylic acids is 2. The first-order chi connectivity index (χ1) is 6.99. The molecule has 0 aliphatic carbocycles. The molecule has 2 amide bonds. The van der Waals surface area contributed by atoms with E-state index in [2.05, 4.69) is 12.6 Å². The van der Waals surface area contributed by atoms with E-state index in [1.165, 1.54) is 4.90 Å². The minimum Gasteiger partial charge on any atom is -0.282 e. The Bertz CT molecular complexity index is 263. The van der Waals surface area contributed by atoms with Gasteiger partial charge in [-0.1, -0.05) is 20.3 Å². The maximum absolute atomic E-state index is 11.8. The van der Waals surface area contributed by atoms with Crippen molar-refractivity contribution in [2.45, 2.75) is 39.5 Å². The van der Waals surface area contributed by atoms with Crippen molar-refractivity contribution in [2.75, 3.05) is 12.3 Å². The van der Waals surface area contributed by atoms with Gasteiger partial charge >= 0.3 is 0 Å². The number of hydrogen-bond acceptors (Lipinski definition) is 3. The Balaban J connectivity index is 2.42. The second kappa shape index (κ2) is 5.01. The maximum Gasteiger partial charge on any atom is 0.235 e. The minimum absolute atomic E-state index is 0.0154. The fourth-order valence-electron chi connectivity index (χ4n) is 1.81. The first-order valence-corrected chi connectivity index (χ1v) is 6.08. The highest BCUT2D eigenvalue weighted by Crippen LogP contribution is 2.31. The molecular formula is C11H19NO2S. The van der Waals surface area contributed by atoms with E-state index in [1.807, 2.05) is 13.8 Å². The quantitative estimate of drug-likeness (QED) is 0.444. The lowest BCUT2D eigenvalue weighted by Gasteiger charge is -2.17. The lowest BCUT2D eigenvalue weighted by Crippen LogP contribution is -2.33. The van der Waals surface area contributed by atoms with E-state index >= 15 is 0 Å². The summed E-state index contributed by atoms with van der Waals surface area (Å²) < 4.78 is 0. The summed E-state index contributed by atoms with van der Waals surface area (Å²) in [4.78, 5) is 24.8. The number of likely N-dealkylation sites (tertiary alicyclic amines) is 1. The van der Waals surface area contributed by atoms with Gasteiger partial charge in [0.05, 0.1) is 5.41 Å². The molecule has 0 saturated carbocycles. The van der Waals surface area contributed by atoms with Gasteiger partial charge in [-0.3, -0.25) is 14.5 Å². The third kappa shape index (κ3) is 2.97. The van der Waals surface area contributed by atoms with Gasteiger partial charge in [0.2, 0.25) is 11.8 Å². The highest BCUT2D eigenvalue weighted by atomic mass is 32.1. The fraction of sp³-hybridized carbons (Fsp3) is 0.818. The van der Waals surface area contributed by atoms with Crippen molar-refractivity contribution in [1.82, 2.24) is 4.90 Å². The van der Waals surface area contributed by atoms with Gasteiger partial charge in [0.1, 0.15) is 0 Å². The fourth-order valence-corrected chi connectivity index (χ4v) is 2.04. The molecule has 0 aromatic rings. The SMILES string of the molecule is CC1(C)CC(=O)N(CCCCCS)C1=O. The van der Waals surface area contributed by atoms with E-state index in [0.717, 1.165) is 25.0 Å². The average molecular weight is 229 g/mol. The molecule has 0 radical (unpaired) electrons. The molecule has 0 atom stereocenters. The first-order valence-electron chi connectivity index (χ1n) is 5.45. The smallest absolute Gasteiger partial charge is 0.235 e. The van der Waals surface area contributed by atoms with Crippen LogP contribution in [-0.4, -0.2) is 29.0 Å². The molecule has 3 nitrogen and oxygen atoms in total. The number of thiol groups is 1. The van der Waals surface area contributed by atoms with Crippen molar-refractivity contribution in [3.63, 3.8) is 0 Å². The summed E-state index contributed by atoms with van der Waals surface area (Å²) in [5, 5.41) is 0. The molecule has 0 N–H and O–H groups in total. The predicted octanol–water partition coefficient (Wildman–Crippen LogP) is 1.87. The molecule has 0 aromatic heterocycles. The summed E-state index contributed by atoms with van der Waals surface area (Å²) >= 11 is 4.12. The van der Waals surface area contributed by atoms with E-state index in [9.17, 15) is 9.59 Å². The highest BCUT2D eigenvalue weighted by Gasteiger charge is 2.44. The third-order valence-electron chi connectivity index (χ3n) is 2.76. The van der Waals surface area contributed by atoms with Crippen molar-refractivity contribution in [1.29, 1.82) is 0 Å². The van der Waals surface area contributed by atoms with Crippen LogP contribution in [-0.2, 0) is 9.59 Å². The van der Waals surface area contributed by atoms with Crippen LogP contribution >= 0.6 is 12.6 Å². The van der Waals surface area contributed by atoms with Crippen molar-refractivity contribution in [2.24, 2.45) is 5.41 Å². The number of imide groups is 1. The molecule has 1 aliphatic rings. The summed E-state index contributed by atoms with van der Waals surface area (Å²) in [5.74, 6) is 0.835. The zero-order valence-corrected chi connectivity index (χ0v) is 10.3. The lowest BCUT2D eigenvalue weighted by atomic mass is 9.92. The van der Waals surface area contributed by atoms with Crippen LogP contribution in [0.1, 0.15) is 39.5 Å². The van der Waals surface area contributed by atoms with Gasteiger partial charge in [0.15, 0.2) is 0 Å². The maximum atomic E-state index is 11.8. The third-order valence-corrected chi connectivity index (χ3v) is 3.07. The molecule has 0 spiro atoms. The number of carbonyl (C=O) groups is 2. The summed E-state index contributed by atoms with van der Waals surface area (Å²) in [6.07, 6.45) is 3.33. The van der Waals surface area contributed by atoms with E-state index in [1.54, 1.807) is 0 Å². The Morgan fingerprint density at radius 2 is 1.93 bits per heavy atom. The van der Waals surface area contributed by atoms with Gasteiger partial charge in [-0.05, 0) is 18.6 Å². The summed E-state index contributed by atoms with van der Waals surface area (Å²) in [6, 6.07) is 0. The van der Waals surface area contributed by atoms with Gasteiger partial charge in [0.25, 0.3) is 0 Å². The Kier molecular flexibility index (Phi) is 4.20. The molecular weight excluding hydrogens is 210 g/mol. The number of hydrogen-bond donors (Lipinski definition) is 1. The van der Waals surface area contributed by atoms with Crippen molar-refractivity contribution in [3.05, 3.63) is 0 Å². The second-order valence-electron chi connectivity index (χ2n) is 4.70. The summed E-state index contributed by atoms with van der Waals surface area (Å²) in [6.45, 7) is 4.25. The van der Waals surface area contributed by atoms with Crippen molar-refractivity contribution < 1.29 is 9.59 Å². The normalized spacial score (nSPS) is 20.1. The molecule has 1 saturated heterocycles. The van der Waals surface area contributed by atoms with Crippen LogP contribution in [0.3, 0.4) is 0 Å². The van der Waals surface area contributed by atoms with Crippen LogP contribution < -0.4 is 0 Å². The van der Waals surface area contributed by atoms with Gasteiger partial charge in [-0.15, -0.1) is 0 Å². The van der Waals surface area contributed by atoms with Gasteiger partial charge in [-0.2, -0.15) is 12.6 Å². The number of unbranched alkanes of at least 4 members (excludes halogenated alkanes) is 2. The van der Waals surface area contributed by atoms with Gasteiger partial charge in [0, 0.05) is 13.0 Å². The standard InChI is InChI=1S/C11H19NO2S/c1-11(2)8-9(13)12(10(11)14)6-4-3-5-7-15/h15H,3-8H2,1-2H3. The number of nitrogens with zero attached hydrogens (tertiary/aromatic N) is 1. The Hall–Kier alpha value is -0.510. The molecule has 1 rings (SSSR count). The number of rotatable bonds is 5. The van der Waals surface area contributed by atoms with Crippen LogP contribution in [0.15, 0.2) is 0 Å². The van der Waals surface area contributed by atoms with E-state index in [4.69, 9.17) is 0 Å². The molecule has 0 aromatic carbocycles. The monoisotopic (exact) mass is 229 g/mol. The molecule has 1 heterocycles. The zero-order valence-electron chi connectivity index (χ0n) is 9.45. The summed E-state index contributed by atoms with van der Waals surface area (Å²) in [7, 11) is 0. The molecule has 1 fully saturated rings. The van der Waals surface area contributed by atoms with Gasteiger partial charge in [-0.25, -0.2) is 0 Å². The lowest BCUT2D eigenvalue weighted by molar-refractivity contribution is -0.140. The van der Waals surface area contributed by atoms with Crippen LogP contribution in [0.2, 0.25) is 0 Å². The minimum atomic E-state index is -0.485. The van der Waals surface area contributed by atoms with Crippen LogP contribution in [0, 0.1) is 5.41 Å². The van der Waals surface area contributed by atoms with Crippen molar-refractivity contribution >= 4 is 24.4 Å². The predicted molar refractivity (Wildman–Crippen MR) is 62.8 cm³/mol. The molecule has 0 bridgehead atoms. The second-order valence-corrected chi connectivity index (χ2v) is 5.14. The Morgan fingerprint density at radius 3 is 2.40 bits per heavy atom. The Labute approximate surface area is 96.6 Å². The zero-order chi connectivity index (χ0) is 11.5. The van der Waals surface area contributed by atoms with E-state index in [0.29, 0.717) is 13.0 Å². The number of amides is 2. The van der Waals surface area contributed by atoms with E-state index in [-0.39, 0.29) is 11.8 Å². The van der Waals surface area contributed by atoms with Crippen LogP contribution in [0.4, 0.5) is 0 Å². The molecule has 1 aliphatic heterocycles. The largest absolute Gasteiger partial charge is 0.282 e. The molecule has 0 unspecified atom stereocenters. The Morgan fingerprint density at radius 1 is 1.27 bits per heavy atom. The molecule has 4 heteroatoms. The molecule has 15 heavy (non-hydrogen) atoms. The molecule has 86 valence electrons.